The highest BCUT2D eigenvalue weighted by molar-refractivity contribution is 6.33. The third-order valence-corrected chi connectivity index (χ3v) is 7.79. The van der Waals surface area contributed by atoms with Crippen molar-refractivity contribution >= 4 is 29.6 Å². The standard InChI is InChI=1S/C31H33ClF2N8O3/c1-30(2,3)16-31(21-8-5-18(6-9-21)20-12-39-41(14-20)27(33)34)26(43)42(28(35)40-31)25(15-45-29(44)36-4)19-7-10-23(32)22(11-19)24-13-37-17-38-24/h5-14,17,25,27H,15-16H2,1-4H3,(H2,35,40)(H,36,44)(H,37,38)/t25-,31-/m1/s1. The predicted octanol–water partition coefficient (Wildman–Crippen LogP) is 5.87. The minimum absolute atomic E-state index is 0.0462. The number of alkyl halides is 2. The first kappa shape index (κ1) is 31.6. The Labute approximate surface area is 263 Å². The van der Waals surface area contributed by atoms with Crippen LogP contribution in [0, 0.1) is 5.41 Å². The molecule has 236 valence electrons. The van der Waals surface area contributed by atoms with E-state index >= 15 is 0 Å². The van der Waals surface area contributed by atoms with Crippen molar-refractivity contribution in [1.29, 1.82) is 0 Å². The Morgan fingerprint density at radius 2 is 1.89 bits per heavy atom. The molecular weight excluding hydrogens is 606 g/mol. The zero-order valence-electron chi connectivity index (χ0n) is 25.1. The maximum Gasteiger partial charge on any atom is 0.406 e. The molecule has 2 aromatic heterocycles. The highest BCUT2D eigenvalue weighted by Gasteiger charge is 2.53. The van der Waals surface area contributed by atoms with E-state index in [4.69, 9.17) is 27.1 Å². The highest BCUT2D eigenvalue weighted by Crippen LogP contribution is 2.45. The Bertz CT molecular complexity index is 1720. The molecule has 0 spiro atoms. The van der Waals surface area contributed by atoms with E-state index in [9.17, 15) is 18.4 Å². The highest BCUT2D eigenvalue weighted by atomic mass is 35.5. The van der Waals surface area contributed by atoms with Crippen LogP contribution in [0.2, 0.25) is 5.02 Å². The molecule has 4 N–H and O–H groups in total. The first-order valence-corrected chi connectivity index (χ1v) is 14.5. The number of carbonyl (C=O) groups is 2. The molecule has 1 aliphatic rings. The summed E-state index contributed by atoms with van der Waals surface area (Å²) in [5, 5.41) is 6.58. The number of aromatic amines is 1. The minimum atomic E-state index is -2.76. The number of aliphatic imine (C=N–C) groups is 1. The van der Waals surface area contributed by atoms with Crippen LogP contribution in [-0.2, 0) is 15.1 Å². The first-order chi connectivity index (χ1) is 21.3. The van der Waals surface area contributed by atoms with Crippen molar-refractivity contribution in [3.8, 4) is 22.4 Å². The molecule has 2 amide bonds. The number of hydrogen-bond donors (Lipinski definition) is 3. The SMILES string of the molecule is CNC(=O)OC[C@H](c1ccc(Cl)c(-c2cnc[nH]2)c1)N1C(=O)[C@@](CC(C)(C)C)(c2ccc(-c3cnn(C(F)F)c3)cc2)N=C1N. The summed E-state index contributed by atoms with van der Waals surface area (Å²) in [7, 11) is 1.43. The van der Waals surface area contributed by atoms with Crippen molar-refractivity contribution < 1.29 is 23.1 Å². The number of ether oxygens (including phenoxy) is 1. The predicted molar refractivity (Wildman–Crippen MR) is 165 cm³/mol. The van der Waals surface area contributed by atoms with Crippen LogP contribution in [0.3, 0.4) is 0 Å². The smallest absolute Gasteiger partial charge is 0.406 e. The number of aromatic nitrogens is 4. The van der Waals surface area contributed by atoms with Crippen LogP contribution in [0.25, 0.3) is 22.4 Å². The summed E-state index contributed by atoms with van der Waals surface area (Å²) in [6.45, 7) is 2.98. The van der Waals surface area contributed by atoms with Gasteiger partial charge in [-0.3, -0.25) is 9.69 Å². The van der Waals surface area contributed by atoms with Gasteiger partial charge in [-0.2, -0.15) is 13.9 Å². The normalized spacial score (nSPS) is 17.5. The molecule has 1 aliphatic heterocycles. The van der Waals surface area contributed by atoms with Crippen LogP contribution < -0.4 is 11.1 Å². The van der Waals surface area contributed by atoms with Crippen molar-refractivity contribution in [3.05, 3.63) is 83.5 Å². The van der Waals surface area contributed by atoms with Gasteiger partial charge in [0.1, 0.15) is 6.61 Å². The van der Waals surface area contributed by atoms with Gasteiger partial charge in [0.15, 0.2) is 11.5 Å². The van der Waals surface area contributed by atoms with Gasteiger partial charge < -0.3 is 20.8 Å². The van der Waals surface area contributed by atoms with Crippen LogP contribution >= 0.6 is 11.6 Å². The molecule has 45 heavy (non-hydrogen) atoms. The molecule has 0 fully saturated rings. The molecule has 4 aromatic rings. The number of nitrogens with one attached hydrogen (secondary N) is 2. The summed E-state index contributed by atoms with van der Waals surface area (Å²) in [5.74, 6) is -0.452. The second kappa shape index (κ2) is 12.3. The van der Waals surface area contributed by atoms with Crippen molar-refractivity contribution in [2.75, 3.05) is 13.7 Å². The summed E-state index contributed by atoms with van der Waals surface area (Å²) in [4.78, 5) is 40.1. The Kier molecular flexibility index (Phi) is 8.66. The van der Waals surface area contributed by atoms with Crippen LogP contribution in [0.4, 0.5) is 13.6 Å². The van der Waals surface area contributed by atoms with E-state index < -0.39 is 30.1 Å². The molecule has 0 radical (unpaired) electrons. The number of alkyl carbamates (subject to hydrolysis) is 1. The number of carbonyl (C=O) groups excluding carboxylic acids is 2. The minimum Gasteiger partial charge on any atom is -0.447 e. The van der Waals surface area contributed by atoms with Gasteiger partial charge in [0.25, 0.3) is 5.91 Å². The topological polar surface area (TPSA) is 144 Å². The van der Waals surface area contributed by atoms with Gasteiger partial charge in [0.05, 0.1) is 30.5 Å². The van der Waals surface area contributed by atoms with Crippen molar-refractivity contribution in [2.24, 2.45) is 16.1 Å². The lowest BCUT2D eigenvalue weighted by molar-refractivity contribution is -0.135. The number of hydrogen-bond acceptors (Lipinski definition) is 7. The zero-order chi connectivity index (χ0) is 32.5. The number of rotatable bonds is 9. The largest absolute Gasteiger partial charge is 0.447 e. The fourth-order valence-electron chi connectivity index (χ4n) is 5.51. The summed E-state index contributed by atoms with van der Waals surface area (Å²) in [5.41, 5.74) is 8.35. The second-order valence-corrected chi connectivity index (χ2v) is 12.3. The maximum absolute atomic E-state index is 14.7. The van der Waals surface area contributed by atoms with Crippen LogP contribution in [0.1, 0.15) is 50.9 Å². The Balaban J connectivity index is 1.57. The summed E-state index contributed by atoms with van der Waals surface area (Å²) >= 11 is 6.52. The zero-order valence-corrected chi connectivity index (χ0v) is 25.8. The average Bonchev–Trinajstić information content (AvgIpc) is 3.75. The number of guanidine groups is 1. The van der Waals surface area contributed by atoms with Crippen molar-refractivity contribution in [3.63, 3.8) is 0 Å². The second-order valence-electron chi connectivity index (χ2n) is 11.9. The molecule has 3 heterocycles. The van der Waals surface area contributed by atoms with Crippen molar-refractivity contribution in [1.82, 2.24) is 30.0 Å². The molecule has 2 aromatic carbocycles. The fourth-order valence-corrected chi connectivity index (χ4v) is 5.73. The molecule has 11 nitrogen and oxygen atoms in total. The van der Waals surface area contributed by atoms with Crippen LogP contribution in [0.15, 0.2) is 72.4 Å². The Morgan fingerprint density at radius 1 is 1.16 bits per heavy atom. The van der Waals surface area contributed by atoms with E-state index in [0.29, 0.717) is 49.6 Å². The third kappa shape index (κ3) is 6.39. The molecule has 5 rings (SSSR count). The van der Waals surface area contributed by atoms with E-state index in [1.54, 1.807) is 48.7 Å². The van der Waals surface area contributed by atoms with E-state index in [1.165, 1.54) is 30.7 Å². The van der Waals surface area contributed by atoms with Crippen LogP contribution in [-0.4, -0.2) is 56.3 Å². The van der Waals surface area contributed by atoms with Gasteiger partial charge in [0, 0.05) is 29.4 Å². The number of benzene rings is 2. The molecule has 0 aliphatic carbocycles. The summed E-state index contributed by atoms with van der Waals surface area (Å²) in [6.07, 6.45) is 5.36. The Morgan fingerprint density at radius 3 is 2.49 bits per heavy atom. The molecular formula is C31H33ClF2N8O3. The molecule has 0 unspecified atom stereocenters. The summed E-state index contributed by atoms with van der Waals surface area (Å²) in [6, 6.07) is 11.3. The van der Waals surface area contributed by atoms with E-state index in [1.807, 2.05) is 20.8 Å². The number of nitrogens with zero attached hydrogens (tertiary/aromatic N) is 5. The van der Waals surface area contributed by atoms with Gasteiger partial charge in [-0.05, 0) is 40.7 Å². The van der Waals surface area contributed by atoms with Crippen LogP contribution in [0.5, 0.6) is 0 Å². The first-order valence-electron chi connectivity index (χ1n) is 14.1. The number of imidazole rings is 1. The monoisotopic (exact) mass is 638 g/mol. The van der Waals surface area contributed by atoms with Gasteiger partial charge in [0.2, 0.25) is 0 Å². The van der Waals surface area contributed by atoms with E-state index in [-0.39, 0.29) is 18.0 Å². The van der Waals surface area contributed by atoms with Gasteiger partial charge in [-0.15, -0.1) is 0 Å². The summed E-state index contributed by atoms with van der Waals surface area (Å²) < 4.78 is 32.2. The third-order valence-electron chi connectivity index (χ3n) is 7.46. The lowest BCUT2D eigenvalue weighted by atomic mass is 9.75. The molecule has 0 saturated carbocycles. The molecule has 0 saturated heterocycles. The van der Waals surface area contributed by atoms with Crippen molar-refractivity contribution in [2.45, 2.75) is 45.3 Å². The van der Waals surface area contributed by atoms with E-state index in [0.717, 1.165) is 0 Å². The number of halogens is 3. The maximum atomic E-state index is 14.7. The lowest BCUT2D eigenvalue weighted by Crippen LogP contribution is -2.47. The lowest BCUT2D eigenvalue weighted by Gasteiger charge is -2.35. The molecule has 2 atom stereocenters. The quantitative estimate of drug-likeness (QED) is 0.209. The fraction of sp³-hybridized carbons (Fsp3) is 0.323. The number of amides is 2. The number of nitrogens with two attached hydrogens (primary N) is 1. The van der Waals surface area contributed by atoms with Gasteiger partial charge in [-0.1, -0.05) is 62.7 Å². The molecule has 14 heteroatoms. The van der Waals surface area contributed by atoms with E-state index in [2.05, 4.69) is 20.4 Å². The Hall–Kier alpha value is -4.78. The number of H-pyrrole nitrogens is 1. The van der Waals surface area contributed by atoms with Gasteiger partial charge in [-0.25, -0.2) is 19.5 Å². The van der Waals surface area contributed by atoms with Gasteiger partial charge >= 0.3 is 12.6 Å². The molecule has 0 bridgehead atoms. The average molecular weight is 639 g/mol.